The molecule has 0 spiro atoms. The molecule has 0 aromatic carbocycles. The van der Waals surface area contributed by atoms with E-state index in [1.54, 1.807) is 6.92 Å². The van der Waals surface area contributed by atoms with Gasteiger partial charge in [0.25, 0.3) is 0 Å². The predicted molar refractivity (Wildman–Crippen MR) is 70.0 cm³/mol. The lowest BCUT2D eigenvalue weighted by molar-refractivity contribution is 0.00578. The van der Waals surface area contributed by atoms with E-state index in [0.717, 1.165) is 0 Å². The number of carbonyl (C=O) groups is 1. The highest BCUT2D eigenvalue weighted by atomic mass is 19.1. The van der Waals surface area contributed by atoms with Gasteiger partial charge in [0, 0.05) is 5.56 Å². The summed E-state index contributed by atoms with van der Waals surface area (Å²) < 4.78 is 25.4. The molecule has 0 amide bonds. The Labute approximate surface area is 112 Å². The van der Waals surface area contributed by atoms with Crippen LogP contribution in [0.2, 0.25) is 0 Å². The summed E-state index contributed by atoms with van der Waals surface area (Å²) in [6.07, 6.45) is 0.511. The lowest BCUT2D eigenvalue weighted by atomic mass is 9.76. The van der Waals surface area contributed by atoms with E-state index in [-0.39, 0.29) is 5.69 Å². The Morgan fingerprint density at radius 1 is 1.26 bits per heavy atom. The number of carbonyl (C=O) groups excluding carboxylic acids is 1. The number of aromatic nitrogens is 1. The number of rotatable bonds is 2. The van der Waals surface area contributed by atoms with E-state index >= 15 is 0 Å². The van der Waals surface area contributed by atoms with Crippen LogP contribution in [0.5, 0.6) is 0 Å². The van der Waals surface area contributed by atoms with E-state index < -0.39 is 24.3 Å². The molecule has 2 heterocycles. The molecule has 0 N–H and O–H groups in total. The largest absolute Gasteiger partial charge is 0.495 e. The van der Waals surface area contributed by atoms with Crippen molar-refractivity contribution in [2.75, 3.05) is 0 Å². The van der Waals surface area contributed by atoms with Crippen LogP contribution in [0.3, 0.4) is 0 Å². The van der Waals surface area contributed by atoms with Crippen LogP contribution in [0, 0.1) is 12.9 Å². The van der Waals surface area contributed by atoms with Gasteiger partial charge in [-0.25, -0.2) is 4.98 Å². The van der Waals surface area contributed by atoms with Gasteiger partial charge in [-0.1, -0.05) is 0 Å². The number of nitrogens with zero attached hydrogens (tertiary/aromatic N) is 1. The molecule has 0 atom stereocenters. The Morgan fingerprint density at radius 3 is 2.26 bits per heavy atom. The Bertz CT molecular complexity index is 515. The molecule has 6 heteroatoms. The van der Waals surface area contributed by atoms with Crippen LogP contribution in [0.25, 0.3) is 0 Å². The summed E-state index contributed by atoms with van der Waals surface area (Å²) in [6, 6.07) is 1.51. The van der Waals surface area contributed by atoms with Crippen molar-refractivity contribution in [3.05, 3.63) is 23.3 Å². The Balaban J connectivity index is 2.44. The summed E-state index contributed by atoms with van der Waals surface area (Å²) in [4.78, 5) is 14.3. The summed E-state index contributed by atoms with van der Waals surface area (Å²) in [7, 11) is -0.693. The predicted octanol–water partition coefficient (Wildman–Crippen LogP) is 1.64. The van der Waals surface area contributed by atoms with Crippen molar-refractivity contribution in [3.63, 3.8) is 0 Å². The van der Waals surface area contributed by atoms with Crippen molar-refractivity contribution in [1.82, 2.24) is 4.98 Å². The molecule has 19 heavy (non-hydrogen) atoms. The molecule has 1 aromatic heterocycles. The molecule has 4 nitrogen and oxygen atoms in total. The first kappa shape index (κ1) is 14.2. The Hall–Kier alpha value is -1.27. The molecular weight excluding hydrogens is 248 g/mol. The maximum Gasteiger partial charge on any atom is 0.495 e. The minimum atomic E-state index is -0.693. The van der Waals surface area contributed by atoms with E-state index in [9.17, 15) is 9.18 Å². The number of halogens is 1. The molecule has 0 aliphatic carbocycles. The van der Waals surface area contributed by atoms with Gasteiger partial charge in [0.05, 0.1) is 11.2 Å². The highest BCUT2D eigenvalue weighted by molar-refractivity contribution is 6.62. The molecule has 1 saturated heterocycles. The third-order valence-corrected chi connectivity index (χ3v) is 3.90. The fourth-order valence-electron chi connectivity index (χ4n) is 1.89. The number of pyridine rings is 1. The van der Waals surface area contributed by atoms with Crippen molar-refractivity contribution in [3.8, 4) is 0 Å². The fraction of sp³-hybridized carbons (Fsp3) is 0.538. The first-order valence-corrected chi connectivity index (χ1v) is 6.16. The van der Waals surface area contributed by atoms with Gasteiger partial charge in [-0.15, -0.1) is 0 Å². The Kier molecular flexibility index (Phi) is 3.27. The normalized spacial score (nSPS) is 20.6. The molecule has 102 valence electrons. The number of aldehydes is 1. The van der Waals surface area contributed by atoms with Crippen molar-refractivity contribution in [1.29, 1.82) is 0 Å². The van der Waals surface area contributed by atoms with E-state index in [2.05, 4.69) is 4.98 Å². The van der Waals surface area contributed by atoms with Gasteiger partial charge in [-0.3, -0.25) is 4.79 Å². The van der Waals surface area contributed by atoms with Crippen molar-refractivity contribution < 1.29 is 18.5 Å². The molecular formula is C13H17BFNO3. The SMILES string of the molecule is Cc1c(B2OC(C)(C)C(C)(C)O2)cc(C=O)nc1F. The van der Waals surface area contributed by atoms with Gasteiger partial charge < -0.3 is 9.31 Å². The van der Waals surface area contributed by atoms with Gasteiger partial charge in [0.2, 0.25) is 5.95 Å². The highest BCUT2D eigenvalue weighted by Gasteiger charge is 2.52. The first-order valence-electron chi connectivity index (χ1n) is 6.16. The summed E-state index contributed by atoms with van der Waals surface area (Å²) in [5.74, 6) is -0.672. The first-order chi connectivity index (χ1) is 8.68. The van der Waals surface area contributed by atoms with Gasteiger partial charge in [0.15, 0.2) is 6.29 Å². The van der Waals surface area contributed by atoms with E-state index in [0.29, 0.717) is 17.3 Å². The number of hydrogen-bond donors (Lipinski definition) is 0. The van der Waals surface area contributed by atoms with E-state index in [4.69, 9.17) is 9.31 Å². The van der Waals surface area contributed by atoms with Crippen LogP contribution in [-0.2, 0) is 9.31 Å². The molecule has 0 unspecified atom stereocenters. The standard InChI is InChI=1S/C13H17BFNO3/c1-8-10(6-9(7-17)16-11(8)15)14-18-12(2,3)13(4,5)19-14/h6-7H,1-5H3. The maximum atomic E-state index is 13.7. The minimum Gasteiger partial charge on any atom is -0.399 e. The topological polar surface area (TPSA) is 48.4 Å². The quantitative estimate of drug-likeness (QED) is 0.463. The van der Waals surface area contributed by atoms with E-state index in [1.165, 1.54) is 6.07 Å². The van der Waals surface area contributed by atoms with Crippen molar-refractivity contribution in [2.45, 2.75) is 45.8 Å². The van der Waals surface area contributed by atoms with Crippen LogP contribution < -0.4 is 5.46 Å². The second-order valence-electron chi connectivity index (χ2n) is 5.76. The summed E-state index contributed by atoms with van der Waals surface area (Å²) in [6.45, 7) is 9.26. The fourth-order valence-corrected chi connectivity index (χ4v) is 1.89. The molecule has 1 aromatic rings. The lowest BCUT2D eigenvalue weighted by Gasteiger charge is -2.32. The molecule has 1 aliphatic heterocycles. The third kappa shape index (κ3) is 2.30. The third-order valence-electron chi connectivity index (χ3n) is 3.90. The Morgan fingerprint density at radius 2 is 1.79 bits per heavy atom. The molecule has 0 radical (unpaired) electrons. The van der Waals surface area contributed by atoms with Crippen LogP contribution >= 0.6 is 0 Å². The zero-order valence-corrected chi connectivity index (χ0v) is 11.8. The van der Waals surface area contributed by atoms with Crippen molar-refractivity contribution >= 4 is 18.9 Å². The van der Waals surface area contributed by atoms with Gasteiger partial charge in [-0.2, -0.15) is 4.39 Å². The second-order valence-corrected chi connectivity index (χ2v) is 5.76. The summed E-state index contributed by atoms with van der Waals surface area (Å²) in [5.41, 5.74) is -0.138. The maximum absolute atomic E-state index is 13.7. The molecule has 0 bridgehead atoms. The zero-order chi connectivity index (χ0) is 14.4. The highest BCUT2D eigenvalue weighted by Crippen LogP contribution is 2.36. The molecule has 1 fully saturated rings. The van der Waals surface area contributed by atoms with E-state index in [1.807, 2.05) is 27.7 Å². The van der Waals surface area contributed by atoms with Crippen LogP contribution in [0.4, 0.5) is 4.39 Å². The number of hydrogen-bond acceptors (Lipinski definition) is 4. The summed E-state index contributed by atoms with van der Waals surface area (Å²) >= 11 is 0. The lowest BCUT2D eigenvalue weighted by Crippen LogP contribution is -2.41. The zero-order valence-electron chi connectivity index (χ0n) is 11.8. The van der Waals surface area contributed by atoms with Gasteiger partial charge in [-0.05, 0) is 46.1 Å². The van der Waals surface area contributed by atoms with Gasteiger partial charge in [0.1, 0.15) is 5.69 Å². The van der Waals surface area contributed by atoms with Crippen LogP contribution in [0.15, 0.2) is 6.07 Å². The average molecular weight is 265 g/mol. The molecule has 2 rings (SSSR count). The van der Waals surface area contributed by atoms with Crippen LogP contribution in [0.1, 0.15) is 43.7 Å². The van der Waals surface area contributed by atoms with Gasteiger partial charge >= 0.3 is 7.12 Å². The second kappa shape index (κ2) is 4.39. The molecule has 0 saturated carbocycles. The molecule has 1 aliphatic rings. The minimum absolute atomic E-state index is 0.0350. The average Bonchev–Trinajstić information content (AvgIpc) is 2.51. The monoisotopic (exact) mass is 265 g/mol. The van der Waals surface area contributed by atoms with Crippen LogP contribution in [-0.4, -0.2) is 29.6 Å². The van der Waals surface area contributed by atoms with Crippen molar-refractivity contribution in [2.24, 2.45) is 0 Å². The summed E-state index contributed by atoms with van der Waals surface area (Å²) in [5, 5.41) is 0. The smallest absolute Gasteiger partial charge is 0.399 e.